The molecule has 7 heteroatoms. The molecule has 4 amide bonds. The molecule has 1 aromatic heterocycles. The predicted octanol–water partition coefficient (Wildman–Crippen LogP) is 1.94. The largest absolute Gasteiger partial charge is 0.459 e. The first-order chi connectivity index (χ1) is 11.5. The third kappa shape index (κ3) is 3.10. The number of nitrogens with one attached hydrogen (secondary N) is 2. The van der Waals surface area contributed by atoms with E-state index in [-0.39, 0.29) is 30.7 Å². The maximum atomic E-state index is 12.4. The van der Waals surface area contributed by atoms with Gasteiger partial charge in [0, 0.05) is 18.9 Å². The fraction of sp³-hybridized carbons (Fsp3) is 0.353. The van der Waals surface area contributed by atoms with Gasteiger partial charge < -0.3 is 14.6 Å². The minimum Gasteiger partial charge on any atom is -0.459 e. The topological polar surface area (TPSA) is 91.7 Å². The maximum absolute atomic E-state index is 12.4. The van der Waals surface area contributed by atoms with Gasteiger partial charge in [0.1, 0.15) is 17.4 Å². The summed E-state index contributed by atoms with van der Waals surface area (Å²) >= 11 is 0. The number of para-hydroxylation sites is 1. The number of benzene rings is 1. The molecule has 1 saturated heterocycles. The summed E-state index contributed by atoms with van der Waals surface area (Å²) < 4.78 is 5.80. The standard InChI is InChI=1S/C17H19N3O4/c1-10(14-9-11-5-3-4-6-13(11)24-14)20(2)15(21)8-7-12-16(22)19-17(23)18-12/h3-6,9-10,12H,7-8H2,1-2H3,(H2,18,19,22,23). The average molecular weight is 329 g/mol. The van der Waals surface area contributed by atoms with Crippen LogP contribution in [0.5, 0.6) is 0 Å². The van der Waals surface area contributed by atoms with Gasteiger partial charge >= 0.3 is 6.03 Å². The molecule has 2 N–H and O–H groups in total. The van der Waals surface area contributed by atoms with E-state index < -0.39 is 12.1 Å². The zero-order valence-electron chi connectivity index (χ0n) is 13.5. The molecule has 2 heterocycles. The van der Waals surface area contributed by atoms with Gasteiger partial charge in [0.2, 0.25) is 5.91 Å². The lowest BCUT2D eigenvalue weighted by Gasteiger charge is -2.23. The van der Waals surface area contributed by atoms with E-state index >= 15 is 0 Å². The molecule has 1 fully saturated rings. The highest BCUT2D eigenvalue weighted by atomic mass is 16.3. The van der Waals surface area contributed by atoms with Gasteiger partial charge in [-0.2, -0.15) is 0 Å². The molecule has 1 aliphatic heterocycles. The van der Waals surface area contributed by atoms with Gasteiger partial charge in [-0.25, -0.2) is 4.79 Å². The van der Waals surface area contributed by atoms with Crippen molar-refractivity contribution in [2.24, 2.45) is 0 Å². The molecule has 0 radical (unpaired) electrons. The molecule has 3 rings (SSSR count). The Morgan fingerprint density at radius 3 is 2.75 bits per heavy atom. The Kier molecular flexibility index (Phi) is 4.24. The summed E-state index contributed by atoms with van der Waals surface area (Å²) in [4.78, 5) is 36.5. The van der Waals surface area contributed by atoms with E-state index in [1.807, 2.05) is 37.3 Å². The van der Waals surface area contributed by atoms with Gasteiger partial charge in [0.05, 0.1) is 6.04 Å². The Morgan fingerprint density at radius 2 is 2.08 bits per heavy atom. The monoisotopic (exact) mass is 329 g/mol. The van der Waals surface area contributed by atoms with Crippen LogP contribution in [0.2, 0.25) is 0 Å². The summed E-state index contributed by atoms with van der Waals surface area (Å²) in [6.07, 6.45) is 0.438. The minimum atomic E-state index is -0.642. The first-order valence-corrected chi connectivity index (χ1v) is 7.81. The molecule has 1 aromatic carbocycles. The Bertz CT molecular complexity index is 765. The molecule has 2 atom stereocenters. The maximum Gasteiger partial charge on any atom is 0.322 e. The predicted molar refractivity (Wildman–Crippen MR) is 87.1 cm³/mol. The molecule has 24 heavy (non-hydrogen) atoms. The third-order valence-corrected chi connectivity index (χ3v) is 4.34. The van der Waals surface area contributed by atoms with Gasteiger partial charge in [-0.15, -0.1) is 0 Å². The lowest BCUT2D eigenvalue weighted by molar-refractivity contribution is -0.132. The second-order valence-corrected chi connectivity index (χ2v) is 5.92. The van der Waals surface area contributed by atoms with Gasteiger partial charge in [-0.05, 0) is 25.5 Å². The fourth-order valence-electron chi connectivity index (χ4n) is 2.72. The summed E-state index contributed by atoms with van der Waals surface area (Å²) in [6, 6.07) is 8.22. The van der Waals surface area contributed by atoms with Gasteiger partial charge in [0.25, 0.3) is 5.91 Å². The van der Waals surface area contributed by atoms with E-state index in [2.05, 4.69) is 10.6 Å². The molecule has 2 aromatic rings. The van der Waals surface area contributed by atoms with Crippen LogP contribution in [0.4, 0.5) is 4.79 Å². The summed E-state index contributed by atoms with van der Waals surface area (Å²) in [5.41, 5.74) is 0.783. The van der Waals surface area contributed by atoms with Crippen LogP contribution in [0.25, 0.3) is 11.0 Å². The first-order valence-electron chi connectivity index (χ1n) is 7.81. The third-order valence-electron chi connectivity index (χ3n) is 4.34. The highest BCUT2D eigenvalue weighted by molar-refractivity contribution is 6.04. The number of hydrogen-bond donors (Lipinski definition) is 2. The van der Waals surface area contributed by atoms with Crippen molar-refractivity contribution in [3.05, 3.63) is 36.1 Å². The van der Waals surface area contributed by atoms with E-state index in [4.69, 9.17) is 4.42 Å². The number of carbonyl (C=O) groups excluding carboxylic acids is 3. The number of rotatable bonds is 5. The van der Waals surface area contributed by atoms with Crippen LogP contribution in [0.15, 0.2) is 34.7 Å². The normalized spacial score (nSPS) is 18.3. The van der Waals surface area contributed by atoms with Crippen molar-refractivity contribution in [2.45, 2.75) is 31.8 Å². The highest BCUT2D eigenvalue weighted by Gasteiger charge is 2.30. The summed E-state index contributed by atoms with van der Waals surface area (Å²) in [5.74, 6) is 0.205. The summed E-state index contributed by atoms with van der Waals surface area (Å²) in [6.45, 7) is 1.89. The van der Waals surface area contributed by atoms with Crippen molar-refractivity contribution >= 4 is 28.8 Å². The van der Waals surface area contributed by atoms with E-state index in [1.54, 1.807) is 11.9 Å². The van der Waals surface area contributed by atoms with Crippen LogP contribution in [0.1, 0.15) is 31.6 Å². The zero-order chi connectivity index (χ0) is 17.3. The molecule has 0 bridgehead atoms. The molecule has 0 aliphatic carbocycles. The van der Waals surface area contributed by atoms with E-state index in [0.717, 1.165) is 11.0 Å². The van der Waals surface area contributed by atoms with Crippen molar-refractivity contribution in [2.75, 3.05) is 7.05 Å². The Labute approximate surface area is 139 Å². The number of imide groups is 1. The first kappa shape index (κ1) is 16.0. The Hall–Kier alpha value is -2.83. The molecule has 0 saturated carbocycles. The minimum absolute atomic E-state index is 0.114. The fourth-order valence-corrected chi connectivity index (χ4v) is 2.72. The summed E-state index contributed by atoms with van der Waals surface area (Å²) in [7, 11) is 1.70. The number of carbonyl (C=O) groups is 3. The number of amides is 4. The van der Waals surface area contributed by atoms with Crippen LogP contribution in [-0.2, 0) is 9.59 Å². The molecule has 1 aliphatic rings. The van der Waals surface area contributed by atoms with E-state index in [1.165, 1.54) is 0 Å². The quantitative estimate of drug-likeness (QED) is 0.820. The second-order valence-electron chi connectivity index (χ2n) is 5.92. The molecule has 0 spiro atoms. The smallest absolute Gasteiger partial charge is 0.322 e. The zero-order valence-corrected chi connectivity index (χ0v) is 13.5. The SMILES string of the molecule is CC(c1cc2ccccc2o1)N(C)C(=O)CCC1NC(=O)NC1=O. The lowest BCUT2D eigenvalue weighted by atomic mass is 10.1. The van der Waals surface area contributed by atoms with Crippen LogP contribution in [0, 0.1) is 0 Å². The van der Waals surface area contributed by atoms with Crippen molar-refractivity contribution in [3.8, 4) is 0 Å². The number of furan rings is 1. The second kappa shape index (κ2) is 6.35. The van der Waals surface area contributed by atoms with Gasteiger partial charge in [0.15, 0.2) is 0 Å². The number of fused-ring (bicyclic) bond motifs is 1. The van der Waals surface area contributed by atoms with Crippen LogP contribution in [-0.4, -0.2) is 35.8 Å². The molecule has 7 nitrogen and oxygen atoms in total. The molecular weight excluding hydrogens is 310 g/mol. The van der Waals surface area contributed by atoms with E-state index in [0.29, 0.717) is 5.76 Å². The lowest BCUT2D eigenvalue weighted by Crippen LogP contribution is -2.33. The number of nitrogens with zero attached hydrogens (tertiary/aromatic N) is 1. The van der Waals surface area contributed by atoms with Gasteiger partial charge in [-0.1, -0.05) is 18.2 Å². The van der Waals surface area contributed by atoms with Crippen LogP contribution >= 0.6 is 0 Å². The van der Waals surface area contributed by atoms with Crippen molar-refractivity contribution in [1.82, 2.24) is 15.5 Å². The van der Waals surface area contributed by atoms with Crippen molar-refractivity contribution in [3.63, 3.8) is 0 Å². The number of urea groups is 1. The molecular formula is C17H19N3O4. The Balaban J connectivity index is 1.62. The van der Waals surface area contributed by atoms with Crippen molar-refractivity contribution < 1.29 is 18.8 Å². The van der Waals surface area contributed by atoms with E-state index in [9.17, 15) is 14.4 Å². The average Bonchev–Trinajstić information content (AvgIpc) is 3.13. The van der Waals surface area contributed by atoms with Crippen molar-refractivity contribution in [1.29, 1.82) is 0 Å². The van der Waals surface area contributed by atoms with Crippen LogP contribution in [0.3, 0.4) is 0 Å². The molecule has 2 unspecified atom stereocenters. The molecule has 126 valence electrons. The summed E-state index contributed by atoms with van der Waals surface area (Å²) in [5, 5.41) is 5.63. The Morgan fingerprint density at radius 1 is 1.33 bits per heavy atom. The van der Waals surface area contributed by atoms with Gasteiger partial charge in [-0.3, -0.25) is 14.9 Å². The van der Waals surface area contributed by atoms with Crippen LogP contribution < -0.4 is 10.6 Å². The highest BCUT2D eigenvalue weighted by Crippen LogP contribution is 2.27. The number of hydrogen-bond acceptors (Lipinski definition) is 4.